The van der Waals surface area contributed by atoms with Crippen molar-refractivity contribution >= 4 is 18.0 Å². The summed E-state index contributed by atoms with van der Waals surface area (Å²) < 4.78 is 9.43. The van der Waals surface area contributed by atoms with Gasteiger partial charge in [-0.25, -0.2) is 5.41 Å². The predicted octanol–water partition coefficient (Wildman–Crippen LogP) is -0.670. The number of guanidine groups is 1. The Hall–Kier alpha value is -2.05. The van der Waals surface area contributed by atoms with E-state index in [0.717, 1.165) is 0 Å². The third kappa shape index (κ3) is 8.28. The summed E-state index contributed by atoms with van der Waals surface area (Å²) in [5.74, 6) is -0.666. The van der Waals surface area contributed by atoms with Gasteiger partial charge in [-0.05, 0) is 5.57 Å². The van der Waals surface area contributed by atoms with Crippen LogP contribution in [0, 0.1) is 5.41 Å². The smallest absolute Gasteiger partial charge is 0.312 e. The minimum absolute atomic E-state index is 0.0168. The van der Waals surface area contributed by atoms with Gasteiger partial charge in [0, 0.05) is 6.92 Å². The van der Waals surface area contributed by atoms with Crippen LogP contribution < -0.4 is 11.5 Å². The van der Waals surface area contributed by atoms with E-state index in [1.54, 1.807) is 0 Å². The summed E-state index contributed by atoms with van der Waals surface area (Å²) in [7, 11) is 0. The molecule has 15 heavy (non-hydrogen) atoms. The van der Waals surface area contributed by atoms with Crippen LogP contribution in [0.15, 0.2) is 17.1 Å². The number of hydrogen-bond donors (Lipinski definition) is 3. The molecule has 0 spiro atoms. The van der Waals surface area contributed by atoms with Gasteiger partial charge in [0.25, 0.3) is 0 Å². The van der Waals surface area contributed by atoms with E-state index in [-0.39, 0.29) is 19.2 Å². The maximum atomic E-state index is 10.4. The molecule has 0 unspecified atom stereocenters. The number of ether oxygens (including phenoxy) is 2. The summed E-state index contributed by atoms with van der Waals surface area (Å²) in [6.07, 6.45) is 0. The molecule has 0 rings (SSSR count). The van der Waals surface area contributed by atoms with Crippen LogP contribution in [0.5, 0.6) is 0 Å². The maximum absolute atomic E-state index is 10.4. The molecule has 0 radical (unpaired) electrons. The number of nitrogens with zero attached hydrogens (tertiary/aromatic N) is 1. The largest absolute Gasteiger partial charge is 0.461 e. The lowest BCUT2D eigenvalue weighted by molar-refractivity contribution is -0.140. The second kappa shape index (κ2) is 6.41. The van der Waals surface area contributed by atoms with E-state index in [9.17, 15) is 4.79 Å². The first-order chi connectivity index (χ1) is 6.91. The number of rotatable bonds is 4. The Bertz CT molecular complexity index is 294. The van der Waals surface area contributed by atoms with Crippen LogP contribution in [0.4, 0.5) is 0 Å². The van der Waals surface area contributed by atoms with Crippen LogP contribution >= 0.6 is 0 Å². The van der Waals surface area contributed by atoms with Crippen molar-refractivity contribution < 1.29 is 14.3 Å². The summed E-state index contributed by atoms with van der Waals surface area (Å²) in [4.78, 5) is 13.8. The number of aliphatic imine (C=N–C) groups is 1. The molecule has 0 heterocycles. The van der Waals surface area contributed by atoms with Crippen molar-refractivity contribution in [2.24, 2.45) is 16.5 Å². The zero-order chi connectivity index (χ0) is 11.8. The van der Waals surface area contributed by atoms with Gasteiger partial charge in [-0.1, -0.05) is 6.58 Å². The minimum atomic E-state index is -0.418. The Labute approximate surface area is 87.3 Å². The average Bonchev–Trinajstić information content (AvgIpc) is 2.10. The number of amidine groups is 1. The third-order valence-corrected chi connectivity index (χ3v) is 1.12. The molecular formula is C8H14N4O3. The molecule has 7 nitrogen and oxygen atoms in total. The number of esters is 1. The highest BCUT2D eigenvalue weighted by atomic mass is 16.5. The molecule has 0 fully saturated rings. The van der Waals surface area contributed by atoms with Crippen molar-refractivity contribution in [3.05, 3.63) is 12.2 Å². The fourth-order valence-electron chi connectivity index (χ4n) is 0.565. The van der Waals surface area contributed by atoms with E-state index >= 15 is 0 Å². The molecule has 0 saturated heterocycles. The van der Waals surface area contributed by atoms with Gasteiger partial charge in [0.15, 0.2) is 5.96 Å². The molecule has 0 atom stereocenters. The highest BCUT2D eigenvalue weighted by Gasteiger charge is 2.01. The highest BCUT2D eigenvalue weighted by molar-refractivity contribution is 5.88. The minimum Gasteiger partial charge on any atom is -0.461 e. The maximum Gasteiger partial charge on any atom is 0.312 e. The summed E-state index contributed by atoms with van der Waals surface area (Å²) in [6, 6.07) is -0.418. The Balaban J connectivity index is 3.76. The van der Waals surface area contributed by atoms with Crippen molar-refractivity contribution in [3.8, 4) is 0 Å². The zero-order valence-electron chi connectivity index (χ0n) is 8.45. The average molecular weight is 214 g/mol. The molecule has 0 aromatic rings. The topological polar surface area (TPSA) is 124 Å². The quantitative estimate of drug-likeness (QED) is 0.248. The van der Waals surface area contributed by atoms with Crippen LogP contribution in [0.25, 0.3) is 0 Å². The van der Waals surface area contributed by atoms with Crippen molar-refractivity contribution in [3.63, 3.8) is 0 Å². The fourth-order valence-corrected chi connectivity index (χ4v) is 0.565. The number of nitrogens with two attached hydrogens (primary N) is 2. The lowest BCUT2D eigenvalue weighted by Gasteiger charge is -2.06. The lowest BCUT2D eigenvalue weighted by atomic mass is 10.3. The second-order valence-corrected chi connectivity index (χ2v) is 2.66. The predicted molar refractivity (Wildman–Crippen MR) is 55.3 cm³/mol. The Kier molecular flexibility index (Phi) is 5.53. The Morgan fingerprint density at radius 1 is 1.40 bits per heavy atom. The first kappa shape index (κ1) is 12.9. The normalized spacial score (nSPS) is 8.87. The number of hydrogen-bond acceptors (Lipinski definition) is 4. The molecule has 0 bridgehead atoms. The number of nitrogens with one attached hydrogen (secondary N) is 1. The van der Waals surface area contributed by atoms with Gasteiger partial charge in [-0.3, -0.25) is 4.79 Å². The van der Waals surface area contributed by atoms with Crippen molar-refractivity contribution in [2.45, 2.75) is 6.92 Å². The summed E-state index contributed by atoms with van der Waals surface area (Å²) in [5, 5.41) is 7.11. The van der Waals surface area contributed by atoms with Gasteiger partial charge >= 0.3 is 12.0 Å². The Morgan fingerprint density at radius 2 is 1.93 bits per heavy atom. The molecule has 0 amide bonds. The van der Waals surface area contributed by atoms with Crippen LogP contribution in [0.2, 0.25) is 0 Å². The zero-order valence-corrected chi connectivity index (χ0v) is 8.45. The van der Waals surface area contributed by atoms with E-state index in [1.165, 1.54) is 6.92 Å². The monoisotopic (exact) mass is 214 g/mol. The van der Waals surface area contributed by atoms with Crippen molar-refractivity contribution in [1.82, 2.24) is 0 Å². The molecule has 0 aliphatic carbocycles. The van der Waals surface area contributed by atoms with Gasteiger partial charge in [-0.2, -0.15) is 4.99 Å². The molecule has 0 aromatic carbocycles. The van der Waals surface area contributed by atoms with Gasteiger partial charge in [0.1, 0.15) is 13.2 Å². The first-order valence-electron chi connectivity index (χ1n) is 4.02. The van der Waals surface area contributed by atoms with E-state index < -0.39 is 12.0 Å². The molecule has 0 aromatic heterocycles. The standard InChI is InChI=1S/C8H14N4O3/c1-5(3-14-6(2)13)4-15-8(11)12-7(9)10/h1,3-4H2,2H3,(H5,9,10,11,12). The van der Waals surface area contributed by atoms with E-state index in [4.69, 9.17) is 21.6 Å². The molecule has 5 N–H and O–H groups in total. The molecular weight excluding hydrogens is 200 g/mol. The first-order valence-corrected chi connectivity index (χ1v) is 4.02. The van der Waals surface area contributed by atoms with E-state index in [2.05, 4.69) is 16.3 Å². The summed E-state index contributed by atoms with van der Waals surface area (Å²) in [5.41, 5.74) is 10.5. The molecule has 0 saturated carbocycles. The number of carbonyl (C=O) groups is 1. The Morgan fingerprint density at radius 3 is 2.40 bits per heavy atom. The molecule has 0 aliphatic rings. The van der Waals surface area contributed by atoms with E-state index in [0.29, 0.717) is 5.57 Å². The van der Waals surface area contributed by atoms with Crippen LogP contribution in [0.1, 0.15) is 6.92 Å². The van der Waals surface area contributed by atoms with Crippen LogP contribution in [-0.4, -0.2) is 31.2 Å². The van der Waals surface area contributed by atoms with Gasteiger partial charge in [0.2, 0.25) is 0 Å². The fraction of sp³-hybridized carbons (Fsp3) is 0.375. The highest BCUT2D eigenvalue weighted by Crippen LogP contribution is 1.94. The SMILES string of the molecule is C=C(COC(=N)N=C(N)N)COC(C)=O. The molecule has 0 aliphatic heterocycles. The third-order valence-electron chi connectivity index (χ3n) is 1.12. The van der Waals surface area contributed by atoms with Gasteiger partial charge in [-0.15, -0.1) is 0 Å². The summed E-state index contributed by atoms with van der Waals surface area (Å²) >= 11 is 0. The molecule has 84 valence electrons. The van der Waals surface area contributed by atoms with Crippen molar-refractivity contribution in [2.75, 3.05) is 13.2 Å². The van der Waals surface area contributed by atoms with Crippen LogP contribution in [-0.2, 0) is 14.3 Å². The molecule has 7 heteroatoms. The second-order valence-electron chi connectivity index (χ2n) is 2.66. The van der Waals surface area contributed by atoms with Gasteiger partial charge in [0.05, 0.1) is 0 Å². The number of carbonyl (C=O) groups excluding carboxylic acids is 1. The van der Waals surface area contributed by atoms with Crippen LogP contribution in [0.3, 0.4) is 0 Å². The lowest BCUT2D eigenvalue weighted by Crippen LogP contribution is -2.24. The van der Waals surface area contributed by atoms with Gasteiger partial charge < -0.3 is 20.9 Å². The van der Waals surface area contributed by atoms with Crippen molar-refractivity contribution in [1.29, 1.82) is 5.41 Å². The summed E-state index contributed by atoms with van der Waals surface area (Å²) in [6.45, 7) is 4.92. The van der Waals surface area contributed by atoms with E-state index in [1.807, 2.05) is 0 Å².